The average molecular weight is 481 g/mol. The summed E-state index contributed by atoms with van der Waals surface area (Å²) in [7, 11) is 1.44. The van der Waals surface area contributed by atoms with Crippen molar-refractivity contribution in [1.29, 1.82) is 0 Å². The van der Waals surface area contributed by atoms with E-state index in [0.29, 0.717) is 23.8 Å². The lowest BCUT2D eigenvalue weighted by Gasteiger charge is -2.28. The lowest BCUT2D eigenvalue weighted by Crippen LogP contribution is -2.35. The first-order valence-electron chi connectivity index (χ1n) is 10.7. The molecule has 1 N–H and O–H groups in total. The van der Waals surface area contributed by atoms with Crippen LogP contribution in [0.15, 0.2) is 60.7 Å². The number of benzene rings is 2. The monoisotopic (exact) mass is 480 g/mol. The number of thiophene rings is 1. The minimum Gasteiger partial charge on any atom is -0.496 e. The Balaban J connectivity index is 1.44. The Morgan fingerprint density at radius 3 is 2.47 bits per heavy atom. The highest BCUT2D eigenvalue weighted by molar-refractivity contribution is 7.18. The fourth-order valence-corrected chi connectivity index (χ4v) is 4.70. The minimum absolute atomic E-state index is 0.214. The lowest BCUT2D eigenvalue weighted by atomic mass is 10.1. The number of morpholine rings is 1. The number of imide groups is 1. The molecule has 1 aliphatic rings. The number of amides is 2. The summed E-state index contributed by atoms with van der Waals surface area (Å²) in [5.41, 5.74) is 2.13. The molecule has 8 nitrogen and oxygen atoms in total. The van der Waals surface area contributed by atoms with Crippen LogP contribution < -0.4 is 15.0 Å². The standard InChI is InChI=1S/C25H24N2O6S/c1-31-20-10-6-5-9-18(20)23(29)26-22(28)16-33-25(30)21-15-19(17-7-3-2-4-8-17)24(34-21)27-11-13-32-14-12-27/h2-10,15H,11-14,16H2,1H3,(H,26,28,29). The molecule has 2 amide bonds. The molecule has 2 aromatic carbocycles. The molecular weight excluding hydrogens is 456 g/mol. The number of carbonyl (C=O) groups excluding carboxylic acids is 3. The van der Waals surface area contributed by atoms with Gasteiger partial charge in [0.15, 0.2) is 6.61 Å². The minimum atomic E-state index is -0.725. The number of methoxy groups -OCH3 is 1. The molecule has 3 aromatic rings. The molecule has 1 fully saturated rings. The fraction of sp³-hybridized carbons (Fsp3) is 0.240. The van der Waals surface area contributed by atoms with Crippen LogP contribution >= 0.6 is 11.3 Å². The molecule has 0 saturated carbocycles. The average Bonchev–Trinajstić information content (AvgIpc) is 3.34. The van der Waals surface area contributed by atoms with Crippen molar-refractivity contribution in [3.05, 3.63) is 71.1 Å². The van der Waals surface area contributed by atoms with Gasteiger partial charge in [0, 0.05) is 18.7 Å². The molecule has 0 atom stereocenters. The Bertz CT molecular complexity index is 1170. The van der Waals surface area contributed by atoms with Gasteiger partial charge in [-0.3, -0.25) is 14.9 Å². The number of nitrogens with one attached hydrogen (secondary N) is 1. The van der Waals surface area contributed by atoms with E-state index in [9.17, 15) is 14.4 Å². The highest BCUT2D eigenvalue weighted by Crippen LogP contribution is 2.39. The zero-order chi connectivity index (χ0) is 23.9. The van der Waals surface area contributed by atoms with Gasteiger partial charge in [-0.1, -0.05) is 42.5 Å². The molecule has 0 radical (unpaired) electrons. The Morgan fingerprint density at radius 1 is 1.03 bits per heavy atom. The third-order valence-electron chi connectivity index (χ3n) is 5.24. The van der Waals surface area contributed by atoms with Crippen molar-refractivity contribution in [3.8, 4) is 16.9 Å². The normalized spacial score (nSPS) is 13.3. The SMILES string of the molecule is COc1ccccc1C(=O)NC(=O)COC(=O)c1cc(-c2ccccc2)c(N2CCOCC2)s1. The van der Waals surface area contributed by atoms with Crippen molar-refractivity contribution in [2.75, 3.05) is 44.9 Å². The second-order valence-corrected chi connectivity index (χ2v) is 8.48. The molecule has 1 aliphatic heterocycles. The van der Waals surface area contributed by atoms with Crippen molar-refractivity contribution in [1.82, 2.24) is 5.32 Å². The summed E-state index contributed by atoms with van der Waals surface area (Å²) in [5.74, 6) is -1.64. The van der Waals surface area contributed by atoms with Crippen LogP contribution in [-0.2, 0) is 14.3 Å². The van der Waals surface area contributed by atoms with E-state index in [1.807, 2.05) is 30.3 Å². The van der Waals surface area contributed by atoms with Gasteiger partial charge in [0.25, 0.3) is 11.8 Å². The Hall–Kier alpha value is -3.69. The second kappa shape index (κ2) is 11.0. The summed E-state index contributed by atoms with van der Waals surface area (Å²) >= 11 is 1.32. The number of hydrogen-bond donors (Lipinski definition) is 1. The Kier molecular flexibility index (Phi) is 7.56. The maximum Gasteiger partial charge on any atom is 0.348 e. The largest absolute Gasteiger partial charge is 0.496 e. The van der Waals surface area contributed by atoms with Crippen LogP contribution in [0.3, 0.4) is 0 Å². The van der Waals surface area contributed by atoms with Crippen molar-refractivity contribution in [3.63, 3.8) is 0 Å². The van der Waals surface area contributed by atoms with E-state index in [0.717, 1.165) is 29.2 Å². The molecule has 0 unspecified atom stereocenters. The summed E-state index contributed by atoms with van der Waals surface area (Å²) in [5, 5.41) is 3.17. The number of ether oxygens (including phenoxy) is 3. The van der Waals surface area contributed by atoms with Gasteiger partial charge in [-0.05, 0) is 23.8 Å². The first-order valence-corrected chi connectivity index (χ1v) is 11.5. The summed E-state index contributed by atoms with van der Waals surface area (Å²) in [6.45, 7) is 2.11. The van der Waals surface area contributed by atoms with E-state index in [-0.39, 0.29) is 5.56 Å². The smallest absolute Gasteiger partial charge is 0.348 e. The van der Waals surface area contributed by atoms with E-state index in [4.69, 9.17) is 14.2 Å². The Morgan fingerprint density at radius 2 is 1.74 bits per heavy atom. The molecule has 34 heavy (non-hydrogen) atoms. The molecule has 1 saturated heterocycles. The number of nitrogens with zero attached hydrogens (tertiary/aromatic N) is 1. The maximum atomic E-state index is 12.7. The summed E-state index contributed by atoms with van der Waals surface area (Å²) in [6.07, 6.45) is 0. The van der Waals surface area contributed by atoms with Gasteiger partial charge < -0.3 is 19.1 Å². The quantitative estimate of drug-likeness (QED) is 0.518. The topological polar surface area (TPSA) is 94.2 Å². The van der Waals surface area contributed by atoms with Crippen LogP contribution in [0.4, 0.5) is 5.00 Å². The van der Waals surface area contributed by atoms with E-state index in [2.05, 4.69) is 10.2 Å². The van der Waals surface area contributed by atoms with Crippen LogP contribution in [0.5, 0.6) is 5.75 Å². The molecular formula is C25H24N2O6S. The molecule has 0 aliphatic carbocycles. The van der Waals surface area contributed by atoms with Crippen LogP contribution in [0.25, 0.3) is 11.1 Å². The number of rotatable bonds is 7. The second-order valence-electron chi connectivity index (χ2n) is 7.45. The molecule has 9 heteroatoms. The van der Waals surface area contributed by atoms with Gasteiger partial charge in [-0.15, -0.1) is 11.3 Å². The van der Waals surface area contributed by atoms with Gasteiger partial charge in [0.2, 0.25) is 0 Å². The third-order valence-corrected chi connectivity index (χ3v) is 6.41. The molecule has 176 valence electrons. The van der Waals surface area contributed by atoms with Gasteiger partial charge in [0.1, 0.15) is 10.6 Å². The zero-order valence-corrected chi connectivity index (χ0v) is 19.4. The molecule has 0 spiro atoms. The predicted octanol–water partition coefficient (Wildman–Crippen LogP) is 3.37. The molecule has 0 bridgehead atoms. The van der Waals surface area contributed by atoms with Crippen LogP contribution in [0, 0.1) is 0 Å². The first kappa shape index (κ1) is 23.5. The third kappa shape index (κ3) is 5.44. The van der Waals surface area contributed by atoms with Crippen LogP contribution in [0.2, 0.25) is 0 Å². The summed E-state index contributed by atoms with van der Waals surface area (Å²) in [6, 6.07) is 18.1. The number of hydrogen-bond acceptors (Lipinski definition) is 8. The first-order chi connectivity index (χ1) is 16.6. The number of para-hydroxylation sites is 1. The number of carbonyl (C=O) groups is 3. The highest BCUT2D eigenvalue weighted by Gasteiger charge is 2.23. The van der Waals surface area contributed by atoms with Crippen molar-refractivity contribution >= 4 is 34.1 Å². The van der Waals surface area contributed by atoms with Crippen LogP contribution in [-0.4, -0.2) is 57.8 Å². The maximum absolute atomic E-state index is 12.7. The molecule has 2 heterocycles. The van der Waals surface area contributed by atoms with E-state index >= 15 is 0 Å². The van der Waals surface area contributed by atoms with Gasteiger partial charge in [-0.2, -0.15) is 0 Å². The van der Waals surface area contributed by atoms with Gasteiger partial charge in [0.05, 0.1) is 30.9 Å². The van der Waals surface area contributed by atoms with Gasteiger partial charge >= 0.3 is 5.97 Å². The molecule has 1 aromatic heterocycles. The lowest BCUT2D eigenvalue weighted by molar-refractivity contribution is -0.123. The van der Waals surface area contributed by atoms with Crippen molar-refractivity contribution < 1.29 is 28.6 Å². The van der Waals surface area contributed by atoms with E-state index in [1.165, 1.54) is 24.5 Å². The Labute approximate surface area is 201 Å². The summed E-state index contributed by atoms with van der Waals surface area (Å²) < 4.78 is 15.8. The van der Waals surface area contributed by atoms with Crippen LogP contribution in [0.1, 0.15) is 20.0 Å². The predicted molar refractivity (Wildman–Crippen MR) is 129 cm³/mol. The van der Waals surface area contributed by atoms with Gasteiger partial charge in [-0.25, -0.2) is 4.79 Å². The number of anilines is 1. The van der Waals surface area contributed by atoms with Crippen molar-refractivity contribution in [2.24, 2.45) is 0 Å². The summed E-state index contributed by atoms with van der Waals surface area (Å²) in [4.78, 5) is 39.9. The highest BCUT2D eigenvalue weighted by atomic mass is 32.1. The fourth-order valence-electron chi connectivity index (χ4n) is 3.57. The van der Waals surface area contributed by atoms with E-state index < -0.39 is 24.4 Å². The number of esters is 1. The van der Waals surface area contributed by atoms with E-state index in [1.54, 1.807) is 24.3 Å². The molecule has 4 rings (SSSR count). The zero-order valence-electron chi connectivity index (χ0n) is 18.6. The van der Waals surface area contributed by atoms with Crippen molar-refractivity contribution in [2.45, 2.75) is 0 Å².